The van der Waals surface area contributed by atoms with Crippen molar-refractivity contribution in [3.63, 3.8) is 0 Å². The van der Waals surface area contributed by atoms with E-state index < -0.39 is 22.1 Å². The predicted octanol–water partition coefficient (Wildman–Crippen LogP) is -1.23. The molecule has 0 aliphatic heterocycles. The Kier molecular flexibility index (Phi) is 13.2. The smallest absolute Gasteiger partial charge is 0.870 e. The van der Waals surface area contributed by atoms with Crippen LogP contribution in [0.25, 0.3) is 11.1 Å². The van der Waals surface area contributed by atoms with E-state index in [1.807, 2.05) is 39.8 Å². The van der Waals surface area contributed by atoms with Crippen LogP contribution < -0.4 is 33.1 Å². The summed E-state index contributed by atoms with van der Waals surface area (Å²) in [7, 11) is 3.09. The summed E-state index contributed by atoms with van der Waals surface area (Å²) in [5.74, 6) is 0.0665. The summed E-state index contributed by atoms with van der Waals surface area (Å²) in [6, 6.07) is 3.52. The molecule has 5 N–H and O–H groups in total. The molecule has 2 aromatic rings. The van der Waals surface area contributed by atoms with Gasteiger partial charge in [-0.15, -0.1) is 4.72 Å². The number of hydrogen-bond donors (Lipinski definition) is 2. The Morgan fingerprint density at radius 2 is 1.94 bits per heavy atom. The van der Waals surface area contributed by atoms with Crippen molar-refractivity contribution in [3.05, 3.63) is 30.1 Å². The average molecular weight is 451 g/mol. The minimum atomic E-state index is -1.24. The van der Waals surface area contributed by atoms with Gasteiger partial charge in [0.2, 0.25) is 0 Å². The number of carboxylic acid groups (broad SMARTS) is 1. The Bertz CT molecular complexity index is 842. The molecule has 1 heterocycles. The van der Waals surface area contributed by atoms with Gasteiger partial charge in [-0.1, -0.05) is 0 Å². The van der Waals surface area contributed by atoms with E-state index in [0.717, 1.165) is 5.56 Å². The van der Waals surface area contributed by atoms with Crippen LogP contribution in [0.15, 0.2) is 24.5 Å². The third-order valence-electron chi connectivity index (χ3n) is 4.08. The Hall–Kier alpha value is -1.71. The Morgan fingerprint density at radius 3 is 2.42 bits per heavy atom. The van der Waals surface area contributed by atoms with Crippen molar-refractivity contribution in [1.82, 2.24) is 14.5 Å². The van der Waals surface area contributed by atoms with E-state index in [2.05, 4.69) is 9.82 Å². The molecule has 0 spiro atoms. The number of hydrogen-bond acceptors (Lipinski definition) is 7. The van der Waals surface area contributed by atoms with Crippen molar-refractivity contribution in [2.75, 3.05) is 14.2 Å². The third-order valence-corrected chi connectivity index (χ3v) is 5.76. The fraction of sp³-hybridized carbons (Fsp3) is 0.474. The van der Waals surface area contributed by atoms with Crippen molar-refractivity contribution in [3.8, 4) is 22.6 Å². The summed E-state index contributed by atoms with van der Waals surface area (Å²) >= 11 is -1.24. The second kappa shape index (κ2) is 13.0. The second-order valence-electron chi connectivity index (χ2n) is 7.34. The first kappa shape index (κ1) is 31.5. The van der Waals surface area contributed by atoms with Gasteiger partial charge in [-0.05, 0) is 45.4 Å². The molecule has 0 radical (unpaired) electrons. The number of carbonyl (C=O) groups is 1. The molecule has 31 heavy (non-hydrogen) atoms. The summed E-state index contributed by atoms with van der Waals surface area (Å²) in [5.41, 5.74) is 2.27. The first-order chi connectivity index (χ1) is 13.1. The monoisotopic (exact) mass is 451 g/mol. The zero-order chi connectivity index (χ0) is 21.1. The van der Waals surface area contributed by atoms with Crippen molar-refractivity contribution in [2.45, 2.75) is 45.0 Å². The van der Waals surface area contributed by atoms with Gasteiger partial charge >= 0.3 is 24.8 Å². The minimum absolute atomic E-state index is 0. The van der Waals surface area contributed by atoms with Gasteiger partial charge in [-0.2, -0.15) is 5.10 Å². The molecule has 0 aliphatic rings. The second-order valence-corrected chi connectivity index (χ2v) is 9.34. The summed E-state index contributed by atoms with van der Waals surface area (Å²) in [6.07, 6.45) is 3.22. The molecule has 0 saturated carbocycles. The number of methoxy groups -OCH3 is 2. The van der Waals surface area contributed by atoms with Gasteiger partial charge in [-0.25, -0.2) is 0 Å². The van der Waals surface area contributed by atoms with E-state index in [1.165, 1.54) is 4.68 Å². The van der Waals surface area contributed by atoms with Crippen LogP contribution in [0.4, 0.5) is 0 Å². The van der Waals surface area contributed by atoms with E-state index in [-0.39, 0.29) is 42.4 Å². The number of aromatic nitrogens is 2. The van der Waals surface area contributed by atoms with Crippen LogP contribution in [-0.2, 0) is 22.7 Å². The summed E-state index contributed by atoms with van der Waals surface area (Å²) in [4.78, 5) is 10.9. The topological polar surface area (TPSA) is 170 Å². The molecular weight excluding hydrogens is 421 g/mol. The molecule has 0 aliphatic carbocycles. The average Bonchev–Trinajstić information content (AvgIpc) is 3.06. The van der Waals surface area contributed by atoms with Crippen LogP contribution in [-0.4, -0.2) is 55.3 Å². The largest absolute Gasteiger partial charge is 1.00 e. The number of carboxylic acids is 1. The fourth-order valence-corrected chi connectivity index (χ4v) is 3.39. The molecule has 1 aromatic heterocycles. The molecule has 12 heteroatoms. The molecule has 0 saturated heterocycles. The van der Waals surface area contributed by atoms with Crippen LogP contribution in [0.5, 0.6) is 11.5 Å². The fourth-order valence-electron chi connectivity index (χ4n) is 2.58. The summed E-state index contributed by atoms with van der Waals surface area (Å²) < 4.78 is 27.5. The number of rotatable bonds is 8. The molecule has 170 valence electrons. The molecule has 0 amide bonds. The van der Waals surface area contributed by atoms with Gasteiger partial charge in [0.1, 0.15) is 11.3 Å². The molecule has 1 aromatic carbocycles. The predicted molar refractivity (Wildman–Crippen MR) is 113 cm³/mol. The van der Waals surface area contributed by atoms with E-state index in [4.69, 9.17) is 14.6 Å². The van der Waals surface area contributed by atoms with E-state index >= 15 is 0 Å². The van der Waals surface area contributed by atoms with Crippen molar-refractivity contribution >= 4 is 17.3 Å². The molecule has 10 nitrogen and oxygen atoms in total. The van der Waals surface area contributed by atoms with Crippen molar-refractivity contribution in [2.24, 2.45) is 0 Å². The Morgan fingerprint density at radius 1 is 1.32 bits per heavy atom. The SMILES string of the molecule is COc1cc([C@@H](C)N[S+]([O-])C(C)(C)C)cc(-c2cnn(CC(=O)O)c2)c1OC.O.[Li+].[OH-]. The first-order valence-electron chi connectivity index (χ1n) is 8.75. The van der Waals surface area contributed by atoms with E-state index in [9.17, 15) is 9.35 Å². The first-order valence-corrected chi connectivity index (χ1v) is 9.90. The molecule has 2 rings (SSSR count). The molecule has 2 atom stereocenters. The normalized spacial score (nSPS) is 12.5. The molecule has 1 unspecified atom stereocenters. The Labute approximate surface area is 197 Å². The van der Waals surface area contributed by atoms with Crippen LogP contribution >= 0.6 is 0 Å². The van der Waals surface area contributed by atoms with Crippen LogP contribution in [0.2, 0.25) is 0 Å². The number of nitrogens with one attached hydrogen (secondary N) is 1. The van der Waals surface area contributed by atoms with Gasteiger partial charge in [0.15, 0.2) is 11.5 Å². The van der Waals surface area contributed by atoms with Gasteiger partial charge in [-0.3, -0.25) is 9.48 Å². The van der Waals surface area contributed by atoms with E-state index in [0.29, 0.717) is 22.6 Å². The van der Waals surface area contributed by atoms with Crippen molar-refractivity contribution in [1.29, 1.82) is 0 Å². The number of aliphatic carboxylic acids is 1. The van der Waals surface area contributed by atoms with Gasteiger partial charge in [0.05, 0.1) is 26.5 Å². The maximum Gasteiger partial charge on any atom is 1.00 e. The maximum atomic E-state index is 12.5. The van der Waals surface area contributed by atoms with Crippen LogP contribution in [0.3, 0.4) is 0 Å². The summed E-state index contributed by atoms with van der Waals surface area (Å²) in [5, 5.41) is 13.0. The van der Waals surface area contributed by atoms with Crippen LogP contribution in [0.1, 0.15) is 39.3 Å². The zero-order valence-electron chi connectivity index (χ0n) is 18.9. The molecule has 0 fully saturated rings. The van der Waals surface area contributed by atoms with Gasteiger partial charge < -0.3 is 30.1 Å². The maximum absolute atomic E-state index is 12.5. The zero-order valence-corrected chi connectivity index (χ0v) is 19.7. The Balaban J connectivity index is 0. The van der Waals surface area contributed by atoms with Crippen molar-refractivity contribution < 1.29 is 53.7 Å². The minimum Gasteiger partial charge on any atom is -0.870 e. The van der Waals surface area contributed by atoms with Crippen LogP contribution in [0, 0.1) is 0 Å². The number of nitrogens with zero attached hydrogens (tertiary/aromatic N) is 2. The number of ether oxygens (including phenoxy) is 2. The molecule has 0 bridgehead atoms. The van der Waals surface area contributed by atoms with Gasteiger partial charge in [0.25, 0.3) is 0 Å². The third kappa shape index (κ3) is 8.05. The molecular formula is C19H30LiN3O7S. The summed E-state index contributed by atoms with van der Waals surface area (Å²) in [6.45, 7) is 7.39. The number of benzene rings is 1. The quantitative estimate of drug-likeness (QED) is 0.371. The van der Waals surface area contributed by atoms with Gasteiger partial charge in [0, 0.05) is 28.7 Å². The standard InChI is InChI=1S/C19H27N3O5S.Li.2H2O/c1-12(21-28(25)19(2,3)4)13-7-15(18(27-6)16(8-13)26-5)14-9-20-22(10-14)11-17(23)24;;;/h7-10,12,21H,11H2,1-6H3,(H,23,24);;2*1H2/q;+1;;/p-1/t12-,28?;;;/m1.../s1. The van der Waals surface area contributed by atoms with E-state index in [1.54, 1.807) is 26.6 Å².